The number of unbranched alkanes of at least 4 members (excludes halogenated alkanes) is 25. The highest BCUT2D eigenvalue weighted by Gasteiger charge is 2.12. The highest BCUT2D eigenvalue weighted by molar-refractivity contribution is 5.81. The average molecular weight is 521 g/mol. The maximum atomic E-state index is 11.8. The van der Waals surface area contributed by atoms with Crippen molar-refractivity contribution in [2.75, 3.05) is 0 Å². The molecule has 0 saturated carbocycles. The third-order valence-corrected chi connectivity index (χ3v) is 7.96. The summed E-state index contributed by atoms with van der Waals surface area (Å²) in [5, 5.41) is 0. The van der Waals surface area contributed by atoms with E-state index in [0.29, 0.717) is 0 Å². The summed E-state index contributed by atoms with van der Waals surface area (Å²) in [6, 6.07) is 0. The predicted octanol–water partition coefficient (Wildman–Crippen LogP) is 12.4. The number of rotatable bonds is 31. The SMILES string of the molecule is C=CC(=O)OC(CCCCCCCCCCCCCC)CCCCCCCCCCCCCCCCC. The Labute approximate surface area is 234 Å². The summed E-state index contributed by atoms with van der Waals surface area (Å²) in [4.78, 5) is 11.8. The molecule has 0 aromatic heterocycles. The molecule has 1 unspecified atom stereocenters. The van der Waals surface area contributed by atoms with Crippen molar-refractivity contribution in [3.63, 3.8) is 0 Å². The predicted molar refractivity (Wildman–Crippen MR) is 165 cm³/mol. The molecule has 0 aliphatic carbocycles. The van der Waals surface area contributed by atoms with Crippen molar-refractivity contribution in [3.05, 3.63) is 12.7 Å². The lowest BCUT2D eigenvalue weighted by molar-refractivity contribution is -0.143. The molecule has 0 aromatic rings. The Morgan fingerprint density at radius 1 is 0.486 bits per heavy atom. The van der Waals surface area contributed by atoms with Crippen LogP contribution in [0.1, 0.15) is 200 Å². The van der Waals surface area contributed by atoms with Crippen LogP contribution in [-0.4, -0.2) is 12.1 Å². The second-order valence-corrected chi connectivity index (χ2v) is 11.7. The molecule has 0 N–H and O–H groups in total. The van der Waals surface area contributed by atoms with Gasteiger partial charge in [-0.3, -0.25) is 0 Å². The molecule has 0 aliphatic heterocycles. The van der Waals surface area contributed by atoms with Crippen molar-refractivity contribution in [3.8, 4) is 0 Å². The molecule has 0 saturated heterocycles. The van der Waals surface area contributed by atoms with E-state index in [1.807, 2.05) is 0 Å². The Kier molecular flexibility index (Phi) is 30.8. The molecule has 220 valence electrons. The molecule has 2 nitrogen and oxygen atoms in total. The first-order valence-electron chi connectivity index (χ1n) is 17.1. The quantitative estimate of drug-likeness (QED) is 0.0516. The van der Waals surface area contributed by atoms with Gasteiger partial charge in [0.25, 0.3) is 0 Å². The van der Waals surface area contributed by atoms with Crippen LogP contribution in [0.2, 0.25) is 0 Å². The Bertz CT molecular complexity index is 458. The minimum atomic E-state index is -0.245. The standard InChI is InChI=1S/C35H68O2/c1-4-7-9-11-13-15-17-19-20-21-23-25-27-29-31-33-34(37-35(36)6-3)32-30-28-26-24-22-18-16-14-12-10-8-5-2/h6,34H,3-5,7-33H2,1-2H3. The summed E-state index contributed by atoms with van der Waals surface area (Å²) in [5.41, 5.74) is 0. The fraction of sp³-hybridized carbons (Fsp3) is 0.914. The van der Waals surface area contributed by atoms with Crippen LogP contribution in [-0.2, 0) is 9.53 Å². The van der Waals surface area contributed by atoms with Gasteiger partial charge in [-0.15, -0.1) is 0 Å². The van der Waals surface area contributed by atoms with Gasteiger partial charge in [0.15, 0.2) is 0 Å². The van der Waals surface area contributed by atoms with Gasteiger partial charge >= 0.3 is 5.97 Å². The van der Waals surface area contributed by atoms with Crippen LogP contribution in [0.4, 0.5) is 0 Å². The van der Waals surface area contributed by atoms with Gasteiger partial charge in [-0.05, 0) is 25.7 Å². The molecule has 0 amide bonds. The molecule has 0 bridgehead atoms. The van der Waals surface area contributed by atoms with E-state index in [-0.39, 0.29) is 12.1 Å². The van der Waals surface area contributed by atoms with Gasteiger partial charge in [0.2, 0.25) is 0 Å². The van der Waals surface area contributed by atoms with E-state index in [1.54, 1.807) is 0 Å². The summed E-state index contributed by atoms with van der Waals surface area (Å²) >= 11 is 0. The number of carbonyl (C=O) groups is 1. The topological polar surface area (TPSA) is 26.3 Å². The van der Waals surface area contributed by atoms with Gasteiger partial charge in [-0.1, -0.05) is 181 Å². The molecule has 0 spiro atoms. The Hall–Kier alpha value is -0.790. The minimum Gasteiger partial charge on any atom is -0.459 e. The zero-order valence-corrected chi connectivity index (χ0v) is 25.7. The molecule has 2 heteroatoms. The van der Waals surface area contributed by atoms with Crippen molar-refractivity contribution in [2.45, 2.75) is 206 Å². The largest absolute Gasteiger partial charge is 0.459 e. The van der Waals surface area contributed by atoms with E-state index < -0.39 is 0 Å². The molecule has 0 radical (unpaired) electrons. The van der Waals surface area contributed by atoms with Crippen LogP contribution in [0.5, 0.6) is 0 Å². The Morgan fingerprint density at radius 3 is 0.973 bits per heavy atom. The summed E-state index contributed by atoms with van der Waals surface area (Å²) in [6.45, 7) is 8.16. The van der Waals surface area contributed by atoms with Gasteiger partial charge in [-0.25, -0.2) is 4.79 Å². The van der Waals surface area contributed by atoms with E-state index in [1.165, 1.54) is 179 Å². The average Bonchev–Trinajstić information content (AvgIpc) is 2.91. The second kappa shape index (κ2) is 31.4. The number of carbonyl (C=O) groups excluding carboxylic acids is 1. The Morgan fingerprint density at radius 2 is 0.730 bits per heavy atom. The zero-order chi connectivity index (χ0) is 27.1. The monoisotopic (exact) mass is 521 g/mol. The maximum Gasteiger partial charge on any atom is 0.330 e. The number of esters is 1. The van der Waals surface area contributed by atoms with Gasteiger partial charge < -0.3 is 4.74 Å². The fourth-order valence-corrected chi connectivity index (χ4v) is 5.43. The third kappa shape index (κ3) is 29.6. The summed E-state index contributed by atoms with van der Waals surface area (Å²) in [7, 11) is 0. The Balaban J connectivity index is 3.60. The first kappa shape index (κ1) is 36.2. The molecular weight excluding hydrogens is 452 g/mol. The number of hydrogen-bond donors (Lipinski definition) is 0. The number of hydrogen-bond acceptors (Lipinski definition) is 2. The highest BCUT2D eigenvalue weighted by atomic mass is 16.5. The van der Waals surface area contributed by atoms with Gasteiger partial charge in [-0.2, -0.15) is 0 Å². The summed E-state index contributed by atoms with van der Waals surface area (Å²) in [5.74, 6) is -0.245. The van der Waals surface area contributed by atoms with Gasteiger partial charge in [0, 0.05) is 6.08 Å². The third-order valence-electron chi connectivity index (χ3n) is 7.96. The summed E-state index contributed by atoms with van der Waals surface area (Å²) < 4.78 is 5.66. The molecule has 37 heavy (non-hydrogen) atoms. The van der Waals surface area contributed by atoms with Crippen LogP contribution in [0.25, 0.3) is 0 Å². The van der Waals surface area contributed by atoms with Crippen molar-refractivity contribution >= 4 is 5.97 Å². The molecule has 0 rings (SSSR count). The molecule has 0 fully saturated rings. The van der Waals surface area contributed by atoms with Crippen molar-refractivity contribution in [1.29, 1.82) is 0 Å². The van der Waals surface area contributed by atoms with Crippen molar-refractivity contribution < 1.29 is 9.53 Å². The normalized spacial score (nSPS) is 12.1. The van der Waals surface area contributed by atoms with Gasteiger partial charge in [0.05, 0.1) is 0 Å². The summed E-state index contributed by atoms with van der Waals surface area (Å²) in [6.07, 6.45) is 40.7. The van der Waals surface area contributed by atoms with E-state index in [9.17, 15) is 4.79 Å². The lowest BCUT2D eigenvalue weighted by atomic mass is 10.0. The van der Waals surface area contributed by atoms with Crippen molar-refractivity contribution in [1.82, 2.24) is 0 Å². The highest BCUT2D eigenvalue weighted by Crippen LogP contribution is 2.18. The van der Waals surface area contributed by atoms with Crippen LogP contribution in [0, 0.1) is 0 Å². The van der Waals surface area contributed by atoms with E-state index >= 15 is 0 Å². The lowest BCUT2D eigenvalue weighted by Crippen LogP contribution is -2.16. The van der Waals surface area contributed by atoms with Gasteiger partial charge in [0.1, 0.15) is 6.10 Å². The lowest BCUT2D eigenvalue weighted by Gasteiger charge is -2.17. The first-order valence-corrected chi connectivity index (χ1v) is 17.1. The molecular formula is C35H68O2. The van der Waals surface area contributed by atoms with Crippen LogP contribution >= 0.6 is 0 Å². The smallest absolute Gasteiger partial charge is 0.330 e. The zero-order valence-electron chi connectivity index (χ0n) is 25.7. The first-order chi connectivity index (χ1) is 18.2. The molecule has 0 aliphatic rings. The molecule has 0 heterocycles. The maximum absolute atomic E-state index is 11.8. The van der Waals surface area contributed by atoms with Crippen LogP contribution < -0.4 is 0 Å². The van der Waals surface area contributed by atoms with E-state index in [2.05, 4.69) is 20.4 Å². The van der Waals surface area contributed by atoms with Crippen molar-refractivity contribution in [2.24, 2.45) is 0 Å². The van der Waals surface area contributed by atoms with Crippen LogP contribution in [0.15, 0.2) is 12.7 Å². The second-order valence-electron chi connectivity index (χ2n) is 11.7. The molecule has 0 aromatic carbocycles. The molecule has 1 atom stereocenters. The fourth-order valence-electron chi connectivity index (χ4n) is 5.43. The number of ether oxygens (including phenoxy) is 1. The van der Waals surface area contributed by atoms with Crippen LogP contribution in [0.3, 0.4) is 0 Å². The van der Waals surface area contributed by atoms with E-state index in [0.717, 1.165) is 12.8 Å². The minimum absolute atomic E-state index is 0.0931. The van der Waals surface area contributed by atoms with E-state index in [4.69, 9.17) is 4.74 Å².